The van der Waals surface area contributed by atoms with Crippen molar-refractivity contribution in [2.45, 2.75) is 6.54 Å². The number of halogens is 2. The highest BCUT2D eigenvalue weighted by molar-refractivity contribution is 9.10. The third-order valence-corrected chi connectivity index (χ3v) is 3.91. The quantitative estimate of drug-likeness (QED) is 0.677. The monoisotopic (exact) mass is 361 g/mol. The molecule has 0 bridgehead atoms. The van der Waals surface area contributed by atoms with Gasteiger partial charge >= 0.3 is 0 Å². The molecule has 0 N–H and O–H groups in total. The van der Waals surface area contributed by atoms with E-state index < -0.39 is 0 Å². The number of benzene rings is 1. The average molecular weight is 363 g/mol. The SMILES string of the molecule is CN(Cc1cccc(Cl)c1)c1ccnc2cc(Br)cnc12. The lowest BCUT2D eigenvalue weighted by Crippen LogP contribution is -2.17. The Morgan fingerprint density at radius 3 is 2.86 bits per heavy atom. The number of hydrogen-bond acceptors (Lipinski definition) is 3. The minimum Gasteiger partial charge on any atom is -0.368 e. The zero-order valence-corrected chi connectivity index (χ0v) is 13.8. The van der Waals surface area contributed by atoms with Crippen molar-refractivity contribution >= 4 is 44.3 Å². The van der Waals surface area contributed by atoms with Crippen LogP contribution in [0, 0.1) is 0 Å². The molecule has 0 atom stereocenters. The number of rotatable bonds is 3. The third kappa shape index (κ3) is 3.17. The maximum atomic E-state index is 6.04. The maximum Gasteiger partial charge on any atom is 0.112 e. The van der Waals surface area contributed by atoms with Gasteiger partial charge < -0.3 is 4.90 Å². The van der Waals surface area contributed by atoms with Crippen LogP contribution in [0.3, 0.4) is 0 Å². The van der Waals surface area contributed by atoms with Gasteiger partial charge in [0.2, 0.25) is 0 Å². The molecule has 1 aromatic carbocycles. The van der Waals surface area contributed by atoms with E-state index in [4.69, 9.17) is 11.6 Å². The number of aromatic nitrogens is 2. The molecule has 3 rings (SSSR count). The van der Waals surface area contributed by atoms with E-state index in [1.165, 1.54) is 0 Å². The van der Waals surface area contributed by atoms with Crippen LogP contribution in [0.4, 0.5) is 5.69 Å². The highest BCUT2D eigenvalue weighted by Crippen LogP contribution is 2.26. The zero-order valence-electron chi connectivity index (χ0n) is 11.4. The fraction of sp³-hybridized carbons (Fsp3) is 0.125. The number of fused-ring (bicyclic) bond motifs is 1. The van der Waals surface area contributed by atoms with Gasteiger partial charge in [-0.05, 0) is 45.8 Å². The van der Waals surface area contributed by atoms with Crippen LogP contribution >= 0.6 is 27.5 Å². The molecule has 2 aromatic heterocycles. The second kappa shape index (κ2) is 6.00. The largest absolute Gasteiger partial charge is 0.368 e. The van der Waals surface area contributed by atoms with E-state index in [1.54, 1.807) is 12.4 Å². The fourth-order valence-corrected chi connectivity index (χ4v) is 2.83. The molecule has 0 unspecified atom stereocenters. The Hall–Kier alpha value is -1.65. The van der Waals surface area contributed by atoms with Gasteiger partial charge in [0.15, 0.2) is 0 Å². The van der Waals surface area contributed by atoms with Gasteiger partial charge in [-0.3, -0.25) is 9.97 Å². The van der Waals surface area contributed by atoms with Crippen molar-refractivity contribution in [1.82, 2.24) is 9.97 Å². The van der Waals surface area contributed by atoms with E-state index in [2.05, 4.69) is 36.9 Å². The summed E-state index contributed by atoms with van der Waals surface area (Å²) >= 11 is 9.47. The van der Waals surface area contributed by atoms with Gasteiger partial charge in [0, 0.05) is 35.5 Å². The van der Waals surface area contributed by atoms with Crippen LogP contribution in [0.15, 0.2) is 53.3 Å². The topological polar surface area (TPSA) is 29.0 Å². The first-order chi connectivity index (χ1) is 10.1. The molecule has 0 fully saturated rings. The van der Waals surface area contributed by atoms with Crippen molar-refractivity contribution in [2.75, 3.05) is 11.9 Å². The molecule has 0 spiro atoms. The van der Waals surface area contributed by atoms with Crippen molar-refractivity contribution in [3.8, 4) is 0 Å². The first-order valence-electron chi connectivity index (χ1n) is 6.49. The predicted octanol–water partition coefficient (Wildman–Crippen LogP) is 4.68. The number of hydrogen-bond donors (Lipinski definition) is 0. The predicted molar refractivity (Wildman–Crippen MR) is 90.8 cm³/mol. The summed E-state index contributed by atoms with van der Waals surface area (Å²) in [5.41, 5.74) is 3.98. The highest BCUT2D eigenvalue weighted by Gasteiger charge is 2.09. The molecule has 2 heterocycles. The van der Waals surface area contributed by atoms with Gasteiger partial charge in [0.1, 0.15) is 5.52 Å². The Labute approximate surface area is 136 Å². The Kier molecular flexibility index (Phi) is 4.08. The molecule has 0 aliphatic rings. The van der Waals surface area contributed by atoms with Crippen molar-refractivity contribution in [2.24, 2.45) is 0 Å². The molecule has 21 heavy (non-hydrogen) atoms. The summed E-state index contributed by atoms with van der Waals surface area (Å²) in [5.74, 6) is 0. The normalized spacial score (nSPS) is 10.8. The smallest absolute Gasteiger partial charge is 0.112 e. The lowest BCUT2D eigenvalue weighted by molar-refractivity contribution is 0.924. The standard InChI is InChI=1S/C16H13BrClN3/c1-21(10-11-3-2-4-13(18)7-11)15-5-6-19-14-8-12(17)9-20-16(14)15/h2-9H,10H2,1H3. The van der Waals surface area contributed by atoms with E-state index in [9.17, 15) is 0 Å². The van der Waals surface area contributed by atoms with Crippen LogP contribution < -0.4 is 4.90 Å². The second-order valence-corrected chi connectivity index (χ2v) is 6.19. The molecule has 5 heteroatoms. The van der Waals surface area contributed by atoms with Gasteiger partial charge in [-0.2, -0.15) is 0 Å². The maximum absolute atomic E-state index is 6.04. The summed E-state index contributed by atoms with van der Waals surface area (Å²) in [6.07, 6.45) is 3.60. The number of nitrogens with zero attached hydrogens (tertiary/aromatic N) is 3. The zero-order chi connectivity index (χ0) is 14.8. The molecule has 0 saturated heterocycles. The second-order valence-electron chi connectivity index (χ2n) is 4.84. The van der Waals surface area contributed by atoms with Gasteiger partial charge in [-0.1, -0.05) is 23.7 Å². The van der Waals surface area contributed by atoms with Gasteiger partial charge in [0.05, 0.1) is 11.2 Å². The Bertz CT molecular complexity index is 791. The molecule has 0 aliphatic heterocycles. The molecule has 0 radical (unpaired) electrons. The molecule has 0 saturated carbocycles. The van der Waals surface area contributed by atoms with E-state index in [0.717, 1.165) is 38.3 Å². The fourth-order valence-electron chi connectivity index (χ4n) is 2.29. The van der Waals surface area contributed by atoms with Crippen LogP contribution in [0.5, 0.6) is 0 Å². The van der Waals surface area contributed by atoms with Crippen LogP contribution in [-0.2, 0) is 6.54 Å². The molecule has 3 nitrogen and oxygen atoms in total. The van der Waals surface area contributed by atoms with Gasteiger partial charge in [-0.15, -0.1) is 0 Å². The lowest BCUT2D eigenvalue weighted by atomic mass is 10.2. The molecule has 3 aromatic rings. The first kappa shape index (κ1) is 14.3. The minimum absolute atomic E-state index is 0.752. The van der Waals surface area contributed by atoms with E-state index in [1.807, 2.05) is 37.4 Å². The first-order valence-corrected chi connectivity index (χ1v) is 7.66. The van der Waals surface area contributed by atoms with E-state index in [-0.39, 0.29) is 0 Å². The summed E-state index contributed by atoms with van der Waals surface area (Å²) in [5, 5.41) is 0.752. The van der Waals surface area contributed by atoms with E-state index in [0.29, 0.717) is 0 Å². The highest BCUT2D eigenvalue weighted by atomic mass is 79.9. The Balaban J connectivity index is 1.96. The summed E-state index contributed by atoms with van der Waals surface area (Å²) in [4.78, 5) is 11.0. The molecular formula is C16H13BrClN3. The average Bonchev–Trinajstić information content (AvgIpc) is 2.46. The van der Waals surface area contributed by atoms with Crippen molar-refractivity contribution < 1.29 is 0 Å². The van der Waals surface area contributed by atoms with Crippen molar-refractivity contribution in [3.63, 3.8) is 0 Å². The summed E-state index contributed by atoms with van der Waals surface area (Å²) in [7, 11) is 2.04. The Morgan fingerprint density at radius 2 is 2.05 bits per heavy atom. The van der Waals surface area contributed by atoms with Crippen LogP contribution in [-0.4, -0.2) is 17.0 Å². The van der Waals surface area contributed by atoms with Gasteiger partial charge in [0.25, 0.3) is 0 Å². The summed E-state index contributed by atoms with van der Waals surface area (Å²) < 4.78 is 0.928. The molecule has 106 valence electrons. The van der Waals surface area contributed by atoms with Crippen LogP contribution in [0.25, 0.3) is 11.0 Å². The number of pyridine rings is 2. The minimum atomic E-state index is 0.752. The Morgan fingerprint density at radius 1 is 1.19 bits per heavy atom. The van der Waals surface area contributed by atoms with Crippen molar-refractivity contribution in [3.05, 3.63) is 63.9 Å². The van der Waals surface area contributed by atoms with Crippen molar-refractivity contribution in [1.29, 1.82) is 0 Å². The van der Waals surface area contributed by atoms with Gasteiger partial charge in [-0.25, -0.2) is 0 Å². The summed E-state index contributed by atoms with van der Waals surface area (Å²) in [6, 6.07) is 11.8. The summed E-state index contributed by atoms with van der Waals surface area (Å²) in [6.45, 7) is 0.761. The lowest BCUT2D eigenvalue weighted by Gasteiger charge is -2.20. The van der Waals surface area contributed by atoms with E-state index >= 15 is 0 Å². The molecule has 0 amide bonds. The third-order valence-electron chi connectivity index (χ3n) is 3.24. The molecule has 0 aliphatic carbocycles. The molecular weight excluding hydrogens is 350 g/mol. The van der Waals surface area contributed by atoms with Crippen LogP contribution in [0.2, 0.25) is 5.02 Å². The van der Waals surface area contributed by atoms with Crippen LogP contribution in [0.1, 0.15) is 5.56 Å². The number of anilines is 1.